The third kappa shape index (κ3) is 3.11. The van der Waals surface area contributed by atoms with Gasteiger partial charge in [-0.15, -0.1) is 0 Å². The molecule has 0 spiro atoms. The summed E-state index contributed by atoms with van der Waals surface area (Å²) in [7, 11) is -1.35. The van der Waals surface area contributed by atoms with Gasteiger partial charge in [0.1, 0.15) is 17.8 Å². The van der Waals surface area contributed by atoms with E-state index in [1.807, 2.05) is 19.3 Å². The van der Waals surface area contributed by atoms with Crippen LogP contribution in [0.15, 0.2) is 18.6 Å². The van der Waals surface area contributed by atoms with Crippen molar-refractivity contribution in [1.29, 1.82) is 0 Å². The van der Waals surface area contributed by atoms with Gasteiger partial charge in [0.25, 0.3) is 10.2 Å². The van der Waals surface area contributed by atoms with Gasteiger partial charge in [-0.25, -0.2) is 9.97 Å². The van der Waals surface area contributed by atoms with Crippen LogP contribution in [0.2, 0.25) is 0 Å². The van der Waals surface area contributed by atoms with E-state index in [9.17, 15) is 8.42 Å². The number of hydrogen-bond donors (Lipinski definition) is 2. The molecule has 1 saturated carbocycles. The first kappa shape index (κ1) is 16.7. The van der Waals surface area contributed by atoms with Gasteiger partial charge in [-0.3, -0.25) is 0 Å². The summed E-state index contributed by atoms with van der Waals surface area (Å²) in [6.45, 7) is 3.34. The molecule has 25 heavy (non-hydrogen) atoms. The molecular weight excluding hydrogens is 340 g/mol. The van der Waals surface area contributed by atoms with E-state index < -0.39 is 10.2 Å². The third-order valence-corrected chi connectivity index (χ3v) is 7.01. The quantitative estimate of drug-likeness (QED) is 0.829. The first-order valence-corrected chi connectivity index (χ1v) is 10.2. The molecule has 2 fully saturated rings. The number of anilines is 1. The molecule has 0 bridgehead atoms. The maximum atomic E-state index is 12.4. The summed E-state index contributed by atoms with van der Waals surface area (Å²) in [6.07, 6.45) is 5.92. The average molecular weight is 364 g/mol. The number of aromatic nitrogens is 3. The summed E-state index contributed by atoms with van der Waals surface area (Å²) in [5.41, 5.74) is 0.816. The SMILES string of the molecule is CC1CCN(S(=O)(=O)NC2CC(N(C)c3ncnc4[nH]ccc34)C2)C1. The van der Waals surface area contributed by atoms with E-state index in [2.05, 4.69) is 31.5 Å². The highest BCUT2D eigenvalue weighted by Gasteiger charge is 2.38. The molecule has 0 amide bonds. The molecule has 0 radical (unpaired) electrons. The average Bonchev–Trinajstić information content (AvgIpc) is 3.18. The van der Waals surface area contributed by atoms with Gasteiger partial charge < -0.3 is 9.88 Å². The monoisotopic (exact) mass is 364 g/mol. The van der Waals surface area contributed by atoms with Crippen LogP contribution in [0.5, 0.6) is 0 Å². The van der Waals surface area contributed by atoms with Gasteiger partial charge in [0.15, 0.2) is 0 Å². The number of fused-ring (bicyclic) bond motifs is 1. The summed E-state index contributed by atoms with van der Waals surface area (Å²) in [4.78, 5) is 13.8. The molecule has 4 rings (SSSR count). The number of H-pyrrole nitrogens is 1. The van der Waals surface area contributed by atoms with Crippen LogP contribution >= 0.6 is 0 Å². The molecule has 1 saturated heterocycles. The number of hydrogen-bond acceptors (Lipinski definition) is 5. The number of rotatable bonds is 5. The van der Waals surface area contributed by atoms with E-state index in [1.54, 1.807) is 10.6 Å². The highest BCUT2D eigenvalue weighted by molar-refractivity contribution is 7.87. The van der Waals surface area contributed by atoms with Gasteiger partial charge in [-0.2, -0.15) is 17.4 Å². The van der Waals surface area contributed by atoms with E-state index in [4.69, 9.17) is 0 Å². The zero-order valence-electron chi connectivity index (χ0n) is 14.5. The van der Waals surface area contributed by atoms with E-state index in [1.165, 1.54) is 0 Å². The third-order valence-electron chi connectivity index (χ3n) is 5.37. The first-order valence-electron chi connectivity index (χ1n) is 8.72. The van der Waals surface area contributed by atoms with Crippen LogP contribution < -0.4 is 9.62 Å². The lowest BCUT2D eigenvalue weighted by molar-refractivity contribution is 0.308. The molecule has 0 aromatic carbocycles. The van der Waals surface area contributed by atoms with Crippen molar-refractivity contribution in [2.45, 2.75) is 38.3 Å². The number of nitrogens with zero attached hydrogens (tertiary/aromatic N) is 4. The normalized spacial score (nSPS) is 27.5. The molecule has 1 aliphatic heterocycles. The summed E-state index contributed by atoms with van der Waals surface area (Å²) < 4.78 is 29.3. The van der Waals surface area contributed by atoms with Crippen molar-refractivity contribution < 1.29 is 8.42 Å². The van der Waals surface area contributed by atoms with Crippen molar-refractivity contribution in [2.75, 3.05) is 25.0 Å². The van der Waals surface area contributed by atoms with Crippen LogP contribution in [-0.4, -0.2) is 59.9 Å². The summed E-state index contributed by atoms with van der Waals surface area (Å²) in [5.74, 6) is 1.32. The molecule has 9 heteroatoms. The van der Waals surface area contributed by atoms with Gasteiger partial charge in [-0.05, 0) is 31.2 Å². The van der Waals surface area contributed by atoms with E-state index in [0.29, 0.717) is 19.0 Å². The molecular formula is C16H24N6O2S. The highest BCUT2D eigenvalue weighted by atomic mass is 32.2. The lowest BCUT2D eigenvalue weighted by Crippen LogP contribution is -2.55. The van der Waals surface area contributed by atoms with E-state index >= 15 is 0 Å². The van der Waals surface area contributed by atoms with Crippen LogP contribution in [0.1, 0.15) is 26.2 Å². The van der Waals surface area contributed by atoms with Gasteiger partial charge >= 0.3 is 0 Å². The highest BCUT2D eigenvalue weighted by Crippen LogP contribution is 2.31. The molecule has 3 heterocycles. The van der Waals surface area contributed by atoms with E-state index in [0.717, 1.165) is 36.1 Å². The van der Waals surface area contributed by atoms with Crippen molar-refractivity contribution in [3.8, 4) is 0 Å². The van der Waals surface area contributed by atoms with Crippen LogP contribution in [0.3, 0.4) is 0 Å². The van der Waals surface area contributed by atoms with Gasteiger partial charge in [-0.1, -0.05) is 6.92 Å². The maximum absolute atomic E-state index is 12.4. The Hall–Kier alpha value is -1.71. The Kier molecular flexibility index (Phi) is 4.17. The lowest BCUT2D eigenvalue weighted by Gasteiger charge is -2.42. The van der Waals surface area contributed by atoms with Crippen molar-refractivity contribution in [1.82, 2.24) is 24.0 Å². The minimum Gasteiger partial charge on any atom is -0.356 e. The molecule has 2 N–H and O–H groups in total. The first-order chi connectivity index (χ1) is 11.9. The Balaban J connectivity index is 1.38. The zero-order valence-corrected chi connectivity index (χ0v) is 15.3. The predicted molar refractivity (Wildman–Crippen MR) is 96.5 cm³/mol. The number of aromatic amines is 1. The largest absolute Gasteiger partial charge is 0.356 e. The minimum atomic E-state index is -3.36. The molecule has 1 atom stereocenters. The molecule has 8 nitrogen and oxygen atoms in total. The molecule has 1 unspecified atom stereocenters. The smallest absolute Gasteiger partial charge is 0.279 e. The van der Waals surface area contributed by atoms with Crippen molar-refractivity contribution in [2.24, 2.45) is 5.92 Å². The van der Waals surface area contributed by atoms with Crippen molar-refractivity contribution in [3.63, 3.8) is 0 Å². The summed E-state index contributed by atoms with van der Waals surface area (Å²) >= 11 is 0. The zero-order chi connectivity index (χ0) is 17.6. The molecule has 2 aromatic rings. The standard InChI is InChI=1S/C16H24N6O2S/c1-11-4-6-22(9-11)25(23,24)20-12-7-13(8-12)21(2)16-14-3-5-17-15(14)18-10-19-16/h3,5,10-13,20H,4,6-9H2,1-2H3,(H,17,18,19). The molecule has 136 valence electrons. The Morgan fingerprint density at radius 3 is 2.88 bits per heavy atom. The fraction of sp³-hybridized carbons (Fsp3) is 0.625. The van der Waals surface area contributed by atoms with Gasteiger partial charge in [0.2, 0.25) is 0 Å². The Morgan fingerprint density at radius 1 is 1.36 bits per heavy atom. The molecule has 1 aliphatic carbocycles. The Bertz CT molecular complexity index is 860. The predicted octanol–water partition coefficient (Wildman–Crippen LogP) is 1.10. The second-order valence-electron chi connectivity index (χ2n) is 7.25. The second-order valence-corrected chi connectivity index (χ2v) is 8.95. The van der Waals surface area contributed by atoms with E-state index in [-0.39, 0.29) is 12.1 Å². The fourth-order valence-electron chi connectivity index (χ4n) is 3.71. The molecule has 2 aromatic heterocycles. The van der Waals surface area contributed by atoms with Crippen LogP contribution in [0.4, 0.5) is 5.82 Å². The minimum absolute atomic E-state index is 0.00286. The Labute approximate surface area is 147 Å². The Morgan fingerprint density at radius 2 is 2.16 bits per heavy atom. The van der Waals surface area contributed by atoms with Crippen LogP contribution in [0, 0.1) is 5.92 Å². The van der Waals surface area contributed by atoms with Crippen LogP contribution in [0.25, 0.3) is 11.0 Å². The maximum Gasteiger partial charge on any atom is 0.279 e. The summed E-state index contributed by atoms with van der Waals surface area (Å²) in [5, 5.41) is 0.986. The number of nitrogens with one attached hydrogen (secondary N) is 2. The fourth-order valence-corrected chi connectivity index (χ4v) is 5.27. The van der Waals surface area contributed by atoms with Crippen LogP contribution in [-0.2, 0) is 10.2 Å². The molecule has 2 aliphatic rings. The summed E-state index contributed by atoms with van der Waals surface area (Å²) in [6, 6.07) is 2.24. The van der Waals surface area contributed by atoms with Gasteiger partial charge in [0, 0.05) is 38.4 Å². The second kappa shape index (κ2) is 6.22. The topological polar surface area (TPSA) is 94.2 Å². The lowest BCUT2D eigenvalue weighted by atomic mass is 9.86. The van der Waals surface area contributed by atoms with Gasteiger partial charge in [0.05, 0.1) is 5.39 Å². The van der Waals surface area contributed by atoms with Crippen molar-refractivity contribution in [3.05, 3.63) is 18.6 Å². The van der Waals surface area contributed by atoms with Crippen molar-refractivity contribution >= 4 is 27.1 Å².